The second-order valence-corrected chi connectivity index (χ2v) is 6.52. The molecule has 2 rings (SSSR count). The molecule has 0 radical (unpaired) electrons. The number of benzene rings is 1. The van der Waals surface area contributed by atoms with Crippen molar-refractivity contribution in [2.45, 2.75) is 33.2 Å². The minimum absolute atomic E-state index is 0.0162. The molecule has 2 N–H and O–H groups in total. The number of hydrogen-bond acceptors (Lipinski definition) is 3. The summed E-state index contributed by atoms with van der Waals surface area (Å²) >= 11 is 7.51. The second-order valence-electron chi connectivity index (χ2n) is 4.98. The van der Waals surface area contributed by atoms with Crippen molar-refractivity contribution in [3.8, 4) is 0 Å². The number of thiophene rings is 1. The number of hydrogen-bond donors (Lipinski definition) is 2. The van der Waals surface area contributed by atoms with E-state index in [9.17, 15) is 4.79 Å². The molecule has 0 fully saturated rings. The zero-order valence-corrected chi connectivity index (χ0v) is 13.9. The van der Waals surface area contributed by atoms with E-state index in [2.05, 4.69) is 22.9 Å². The highest BCUT2D eigenvalue weighted by atomic mass is 35.5. The minimum atomic E-state index is 0.0162. The van der Waals surface area contributed by atoms with Crippen molar-refractivity contribution in [3.63, 3.8) is 0 Å². The number of halogens is 1. The Morgan fingerprint density at radius 1 is 1.38 bits per heavy atom. The normalized spacial score (nSPS) is 12.0. The fourth-order valence-electron chi connectivity index (χ4n) is 1.97. The molecule has 2 aromatic rings. The van der Waals surface area contributed by atoms with Crippen molar-refractivity contribution in [1.82, 2.24) is 0 Å². The Labute approximate surface area is 134 Å². The maximum absolute atomic E-state index is 11.5. The van der Waals surface area contributed by atoms with Crippen molar-refractivity contribution >= 4 is 40.2 Å². The van der Waals surface area contributed by atoms with Crippen LogP contribution in [0, 0.1) is 6.92 Å². The van der Waals surface area contributed by atoms with E-state index in [0.29, 0.717) is 6.42 Å². The van der Waals surface area contributed by atoms with Crippen molar-refractivity contribution in [2.75, 3.05) is 10.6 Å². The zero-order chi connectivity index (χ0) is 15.4. The third-order valence-electron chi connectivity index (χ3n) is 3.30. The smallest absolute Gasteiger partial charge is 0.224 e. The molecule has 3 nitrogen and oxygen atoms in total. The maximum atomic E-state index is 11.5. The van der Waals surface area contributed by atoms with Crippen molar-refractivity contribution in [1.29, 1.82) is 0 Å². The SMILES string of the molecule is CCC(=O)Nc1ccc(C)c(NC(C)c2csc(Cl)c2)c1. The largest absolute Gasteiger partial charge is 0.378 e. The van der Waals surface area contributed by atoms with Crippen LogP contribution in [0.2, 0.25) is 4.34 Å². The predicted octanol–water partition coefficient (Wildman–Crippen LogP) is 5.23. The predicted molar refractivity (Wildman–Crippen MR) is 91.5 cm³/mol. The Bertz CT molecular complexity index is 639. The van der Waals surface area contributed by atoms with Crippen molar-refractivity contribution in [2.24, 2.45) is 0 Å². The van der Waals surface area contributed by atoms with Crippen LogP contribution in [0.4, 0.5) is 11.4 Å². The second kappa shape index (κ2) is 6.96. The van der Waals surface area contributed by atoms with Crippen LogP contribution in [0.15, 0.2) is 29.6 Å². The van der Waals surface area contributed by atoms with Gasteiger partial charge in [-0.15, -0.1) is 11.3 Å². The van der Waals surface area contributed by atoms with E-state index in [1.54, 1.807) is 0 Å². The van der Waals surface area contributed by atoms with Gasteiger partial charge in [-0.2, -0.15) is 0 Å². The summed E-state index contributed by atoms with van der Waals surface area (Å²) in [5, 5.41) is 8.40. The number of anilines is 2. The van der Waals surface area contributed by atoms with Gasteiger partial charge >= 0.3 is 0 Å². The number of carbonyl (C=O) groups is 1. The molecule has 5 heteroatoms. The molecule has 1 unspecified atom stereocenters. The Morgan fingerprint density at radius 2 is 2.14 bits per heavy atom. The highest BCUT2D eigenvalue weighted by molar-refractivity contribution is 7.14. The fourth-order valence-corrected chi connectivity index (χ4v) is 2.96. The van der Waals surface area contributed by atoms with E-state index in [1.165, 1.54) is 11.3 Å². The third kappa shape index (κ3) is 4.22. The summed E-state index contributed by atoms with van der Waals surface area (Å²) in [5.74, 6) is 0.0162. The Balaban J connectivity index is 2.15. The van der Waals surface area contributed by atoms with Gasteiger partial charge < -0.3 is 10.6 Å². The summed E-state index contributed by atoms with van der Waals surface area (Å²) in [5.41, 5.74) is 4.12. The summed E-state index contributed by atoms with van der Waals surface area (Å²) < 4.78 is 0.791. The maximum Gasteiger partial charge on any atom is 0.224 e. The van der Waals surface area contributed by atoms with Crippen LogP contribution in [0.5, 0.6) is 0 Å². The van der Waals surface area contributed by atoms with Gasteiger partial charge in [0.25, 0.3) is 0 Å². The molecule has 0 aliphatic heterocycles. The standard InChI is InChI=1S/C16H19ClN2OS/c1-4-16(20)19-13-6-5-10(2)14(8-13)18-11(3)12-7-15(17)21-9-12/h5-9,11,18H,4H2,1-3H3,(H,19,20). The molecular formula is C16H19ClN2OS. The van der Waals surface area contributed by atoms with E-state index in [1.807, 2.05) is 38.1 Å². The summed E-state index contributed by atoms with van der Waals surface area (Å²) in [4.78, 5) is 11.5. The highest BCUT2D eigenvalue weighted by Gasteiger charge is 2.10. The Kier molecular flexibility index (Phi) is 5.26. The highest BCUT2D eigenvalue weighted by Crippen LogP contribution is 2.29. The summed E-state index contributed by atoms with van der Waals surface area (Å²) in [7, 11) is 0. The lowest BCUT2D eigenvalue weighted by Crippen LogP contribution is -2.11. The molecule has 1 aromatic carbocycles. The van der Waals surface area contributed by atoms with E-state index >= 15 is 0 Å². The van der Waals surface area contributed by atoms with Crippen LogP contribution in [0.1, 0.15) is 37.4 Å². The number of amides is 1. The molecule has 0 spiro atoms. The molecule has 1 heterocycles. The average Bonchev–Trinajstić information content (AvgIpc) is 2.89. The lowest BCUT2D eigenvalue weighted by Gasteiger charge is -2.17. The van der Waals surface area contributed by atoms with Gasteiger partial charge in [0.15, 0.2) is 0 Å². The summed E-state index contributed by atoms with van der Waals surface area (Å²) in [6, 6.07) is 8.01. The first-order chi connectivity index (χ1) is 9.99. The molecule has 0 aliphatic rings. The van der Waals surface area contributed by atoms with E-state index < -0.39 is 0 Å². The van der Waals surface area contributed by atoms with Crippen molar-refractivity contribution < 1.29 is 4.79 Å². The van der Waals surface area contributed by atoms with Crippen molar-refractivity contribution in [3.05, 3.63) is 45.1 Å². The molecule has 1 atom stereocenters. The topological polar surface area (TPSA) is 41.1 Å². The molecular weight excluding hydrogens is 304 g/mol. The molecule has 1 amide bonds. The summed E-state index contributed by atoms with van der Waals surface area (Å²) in [6.07, 6.45) is 0.473. The van der Waals surface area contributed by atoms with Gasteiger partial charge in [-0.1, -0.05) is 24.6 Å². The van der Waals surface area contributed by atoms with Crippen LogP contribution in [-0.4, -0.2) is 5.91 Å². The van der Waals surface area contributed by atoms with Gasteiger partial charge in [0.05, 0.1) is 4.34 Å². The van der Waals surface area contributed by atoms with E-state index in [4.69, 9.17) is 11.6 Å². The van der Waals surface area contributed by atoms with Crippen LogP contribution >= 0.6 is 22.9 Å². The Morgan fingerprint density at radius 3 is 2.76 bits per heavy atom. The number of nitrogens with one attached hydrogen (secondary N) is 2. The monoisotopic (exact) mass is 322 g/mol. The zero-order valence-electron chi connectivity index (χ0n) is 12.4. The molecule has 0 aliphatic carbocycles. The van der Waals surface area contributed by atoms with Crippen LogP contribution < -0.4 is 10.6 Å². The van der Waals surface area contributed by atoms with Gasteiger partial charge in [0.2, 0.25) is 5.91 Å². The lowest BCUT2D eigenvalue weighted by atomic mass is 10.1. The van der Waals surface area contributed by atoms with Gasteiger partial charge in [0.1, 0.15) is 0 Å². The molecule has 112 valence electrons. The first-order valence-electron chi connectivity index (χ1n) is 6.90. The average molecular weight is 323 g/mol. The van der Waals surface area contributed by atoms with Gasteiger partial charge in [-0.25, -0.2) is 0 Å². The third-order valence-corrected chi connectivity index (χ3v) is 4.41. The van der Waals surface area contributed by atoms with E-state index in [0.717, 1.165) is 26.8 Å². The first kappa shape index (κ1) is 15.9. The number of aryl methyl sites for hydroxylation is 1. The van der Waals surface area contributed by atoms with Crippen LogP contribution in [-0.2, 0) is 4.79 Å². The van der Waals surface area contributed by atoms with E-state index in [-0.39, 0.29) is 11.9 Å². The number of carbonyl (C=O) groups excluding carboxylic acids is 1. The molecule has 0 saturated heterocycles. The molecule has 0 bridgehead atoms. The molecule has 21 heavy (non-hydrogen) atoms. The fraction of sp³-hybridized carbons (Fsp3) is 0.312. The first-order valence-corrected chi connectivity index (χ1v) is 8.16. The van der Waals surface area contributed by atoms with Gasteiger partial charge in [-0.3, -0.25) is 4.79 Å². The molecule has 0 saturated carbocycles. The molecule has 1 aromatic heterocycles. The lowest BCUT2D eigenvalue weighted by molar-refractivity contribution is -0.115. The number of rotatable bonds is 5. The minimum Gasteiger partial charge on any atom is -0.378 e. The quantitative estimate of drug-likeness (QED) is 0.791. The van der Waals surface area contributed by atoms with Crippen LogP contribution in [0.3, 0.4) is 0 Å². The Hall–Kier alpha value is -1.52. The summed E-state index contributed by atoms with van der Waals surface area (Å²) in [6.45, 7) is 5.97. The van der Waals surface area contributed by atoms with Gasteiger partial charge in [0, 0.05) is 23.8 Å². The van der Waals surface area contributed by atoms with Crippen LogP contribution in [0.25, 0.3) is 0 Å². The van der Waals surface area contributed by atoms with Gasteiger partial charge in [-0.05, 0) is 48.6 Å².